The third-order valence-electron chi connectivity index (χ3n) is 3.63. The lowest BCUT2D eigenvalue weighted by molar-refractivity contribution is -0.151. The lowest BCUT2D eigenvalue weighted by Gasteiger charge is -2.38. The highest BCUT2D eigenvalue weighted by atomic mass is 28.5. The molecule has 0 radical (unpaired) electrons. The quantitative estimate of drug-likeness (QED) is 0.133. The second-order valence-electron chi connectivity index (χ2n) is 9.62. The first-order valence-electron chi connectivity index (χ1n) is 10.6. The molecule has 178 valence electrons. The van der Waals surface area contributed by atoms with Gasteiger partial charge in [-0.2, -0.15) is 0 Å². The third kappa shape index (κ3) is 16.4. The fraction of sp³-hybridized carbons (Fsp3) is 0.850. The van der Waals surface area contributed by atoms with Crippen molar-refractivity contribution in [2.45, 2.75) is 71.3 Å². The minimum Gasteiger partial charge on any atom is -0.454 e. The fourth-order valence-electron chi connectivity index (χ4n) is 2.85. The van der Waals surface area contributed by atoms with Crippen LogP contribution in [0, 0.1) is 0 Å². The number of methoxy groups -OCH3 is 1. The van der Waals surface area contributed by atoms with Gasteiger partial charge in [0, 0.05) is 19.3 Å². The van der Waals surface area contributed by atoms with E-state index in [1.165, 1.54) is 0 Å². The van der Waals surface area contributed by atoms with Crippen LogP contribution in [0.2, 0.25) is 51.9 Å². The van der Waals surface area contributed by atoms with Crippen LogP contribution in [0.15, 0.2) is 12.2 Å². The molecular formula is C20H44O7Si3. The number of hydrogen-bond acceptors (Lipinski definition) is 7. The summed E-state index contributed by atoms with van der Waals surface area (Å²) in [4.78, 5) is 11.9. The predicted octanol–water partition coefficient (Wildman–Crippen LogP) is 4.32. The van der Waals surface area contributed by atoms with Crippen LogP contribution in [-0.2, 0) is 32.0 Å². The Kier molecular flexibility index (Phi) is 13.8. The summed E-state index contributed by atoms with van der Waals surface area (Å²) in [5.41, 5.74) is 0.352. The summed E-state index contributed by atoms with van der Waals surface area (Å²) in [7, 11) is -4.06. The molecule has 0 heterocycles. The number of carbonyl (C=O) groups is 1. The summed E-state index contributed by atoms with van der Waals surface area (Å²) >= 11 is 0. The van der Waals surface area contributed by atoms with Crippen LogP contribution in [0.1, 0.15) is 13.3 Å². The van der Waals surface area contributed by atoms with E-state index < -0.39 is 37.3 Å². The summed E-state index contributed by atoms with van der Waals surface area (Å²) in [5.74, 6) is -0.439. The molecule has 1 unspecified atom stereocenters. The van der Waals surface area contributed by atoms with Gasteiger partial charge in [0.1, 0.15) is 6.10 Å². The van der Waals surface area contributed by atoms with Crippen LogP contribution in [0.5, 0.6) is 0 Å². The van der Waals surface area contributed by atoms with Crippen LogP contribution in [0.25, 0.3) is 0 Å². The van der Waals surface area contributed by atoms with E-state index in [1.807, 2.05) is 0 Å². The Morgan fingerprint density at radius 3 is 1.80 bits per heavy atom. The first kappa shape index (κ1) is 29.7. The number of ether oxygens (including phenoxy) is 4. The molecule has 1 atom stereocenters. The van der Waals surface area contributed by atoms with E-state index >= 15 is 0 Å². The number of hydrogen-bond donors (Lipinski definition) is 0. The van der Waals surface area contributed by atoms with Gasteiger partial charge < -0.3 is 27.2 Å². The average Bonchev–Trinajstić information content (AvgIpc) is 2.54. The summed E-state index contributed by atoms with van der Waals surface area (Å²) in [6.45, 7) is 22.6. The summed E-state index contributed by atoms with van der Waals surface area (Å²) in [6, 6.07) is 0.877. The first-order valence-corrected chi connectivity index (χ1v) is 19.9. The molecule has 0 fully saturated rings. The summed E-state index contributed by atoms with van der Waals surface area (Å²) in [5, 5.41) is 0. The number of rotatable bonds is 17. The van der Waals surface area contributed by atoms with Crippen molar-refractivity contribution in [1.29, 1.82) is 0 Å². The Labute approximate surface area is 186 Å². The van der Waals surface area contributed by atoms with Gasteiger partial charge in [0.25, 0.3) is 0 Å². The molecular weight excluding hydrogens is 436 g/mol. The standard InChI is InChI=1S/C20H44O7Si3/c1-18(2)20(21)25-19(17-24-14-13-22-3)16-23-12-11-15-30(10,26-28(4,5)6)27-29(7,8)9/h19H,1,11-17H2,2-10H3. The minimum absolute atomic E-state index is 0.256. The van der Waals surface area contributed by atoms with Crippen molar-refractivity contribution in [2.24, 2.45) is 0 Å². The van der Waals surface area contributed by atoms with Gasteiger partial charge in [-0.05, 0) is 65.2 Å². The van der Waals surface area contributed by atoms with E-state index in [0.29, 0.717) is 25.4 Å². The Bertz CT molecular complexity index is 500. The molecule has 0 N–H and O–H groups in total. The molecule has 0 aliphatic heterocycles. The molecule has 0 amide bonds. The lowest BCUT2D eigenvalue weighted by atomic mass is 10.3. The molecule has 0 saturated heterocycles. The van der Waals surface area contributed by atoms with Gasteiger partial charge in [-0.3, -0.25) is 0 Å². The molecule has 0 spiro atoms. The maximum Gasteiger partial charge on any atom is 0.333 e. The highest BCUT2D eigenvalue weighted by Crippen LogP contribution is 2.25. The van der Waals surface area contributed by atoms with Gasteiger partial charge in [-0.25, -0.2) is 4.79 Å². The van der Waals surface area contributed by atoms with Crippen LogP contribution in [0.4, 0.5) is 0 Å². The molecule has 0 bridgehead atoms. The zero-order valence-corrected chi connectivity index (χ0v) is 23.6. The van der Waals surface area contributed by atoms with Crippen molar-refractivity contribution >= 4 is 31.2 Å². The molecule has 0 aliphatic rings. The molecule has 0 aromatic heterocycles. The maximum absolute atomic E-state index is 11.9. The third-order valence-corrected chi connectivity index (χ3v) is 13.2. The van der Waals surface area contributed by atoms with Crippen molar-refractivity contribution in [1.82, 2.24) is 0 Å². The van der Waals surface area contributed by atoms with Crippen molar-refractivity contribution < 1.29 is 32.0 Å². The fourth-order valence-corrected chi connectivity index (χ4v) is 15.4. The first-order chi connectivity index (χ1) is 13.7. The van der Waals surface area contributed by atoms with Gasteiger partial charge in [0.05, 0.1) is 26.4 Å². The second-order valence-corrected chi connectivity index (χ2v) is 22.5. The number of carbonyl (C=O) groups excluding carboxylic acids is 1. The highest BCUT2D eigenvalue weighted by Gasteiger charge is 2.39. The molecule has 7 nitrogen and oxygen atoms in total. The van der Waals surface area contributed by atoms with Gasteiger partial charge in [0.2, 0.25) is 0 Å². The Hall–Kier alpha value is -0.339. The smallest absolute Gasteiger partial charge is 0.333 e. The van der Waals surface area contributed by atoms with Crippen LogP contribution in [0.3, 0.4) is 0 Å². The highest BCUT2D eigenvalue weighted by molar-refractivity contribution is 6.87. The predicted molar refractivity (Wildman–Crippen MR) is 128 cm³/mol. The van der Waals surface area contributed by atoms with Gasteiger partial charge in [-0.1, -0.05) is 6.58 Å². The largest absolute Gasteiger partial charge is 0.454 e. The molecule has 0 aromatic rings. The maximum atomic E-state index is 11.9. The zero-order valence-electron chi connectivity index (χ0n) is 20.6. The molecule has 10 heteroatoms. The second kappa shape index (κ2) is 13.9. The SMILES string of the molecule is C=C(C)C(=O)OC(COCCC[Si](C)(O[Si](C)(C)C)O[Si](C)(C)C)COCCOC. The van der Waals surface area contributed by atoms with Crippen molar-refractivity contribution in [3.63, 3.8) is 0 Å². The molecule has 30 heavy (non-hydrogen) atoms. The topological polar surface area (TPSA) is 72.5 Å². The molecule has 0 saturated carbocycles. The van der Waals surface area contributed by atoms with E-state index in [2.05, 4.69) is 52.4 Å². The van der Waals surface area contributed by atoms with Crippen LogP contribution >= 0.6 is 0 Å². The van der Waals surface area contributed by atoms with Gasteiger partial charge >= 0.3 is 14.5 Å². The average molecular weight is 481 g/mol. The van der Waals surface area contributed by atoms with Gasteiger partial charge in [-0.15, -0.1) is 0 Å². The summed E-state index contributed by atoms with van der Waals surface area (Å²) in [6.07, 6.45) is 0.356. The monoisotopic (exact) mass is 480 g/mol. The van der Waals surface area contributed by atoms with Crippen LogP contribution in [-0.4, -0.2) is 77.4 Å². The Balaban J connectivity index is 4.61. The van der Waals surface area contributed by atoms with E-state index in [-0.39, 0.29) is 13.2 Å². The minimum atomic E-state index is -2.26. The van der Waals surface area contributed by atoms with Crippen molar-refractivity contribution in [2.75, 3.05) is 40.1 Å². The summed E-state index contributed by atoms with van der Waals surface area (Å²) < 4.78 is 34.7. The van der Waals surface area contributed by atoms with E-state index in [9.17, 15) is 4.79 Å². The van der Waals surface area contributed by atoms with Crippen molar-refractivity contribution in [3.05, 3.63) is 12.2 Å². The van der Waals surface area contributed by atoms with Crippen molar-refractivity contribution in [3.8, 4) is 0 Å². The van der Waals surface area contributed by atoms with Gasteiger partial charge in [0.15, 0.2) is 16.6 Å². The Morgan fingerprint density at radius 2 is 1.37 bits per heavy atom. The van der Waals surface area contributed by atoms with Crippen LogP contribution < -0.4 is 0 Å². The molecule has 0 rings (SSSR count). The Morgan fingerprint density at radius 1 is 0.867 bits per heavy atom. The number of esters is 1. The van der Waals surface area contributed by atoms with E-state index in [0.717, 1.165) is 12.5 Å². The molecule has 0 aliphatic carbocycles. The zero-order chi connectivity index (χ0) is 23.4. The molecule has 0 aromatic carbocycles. The van der Waals surface area contributed by atoms with E-state index in [4.69, 9.17) is 27.2 Å². The van der Waals surface area contributed by atoms with E-state index in [1.54, 1.807) is 14.0 Å². The lowest BCUT2D eigenvalue weighted by Crippen LogP contribution is -2.52. The normalized spacial score (nSPS) is 13.9.